The van der Waals surface area contributed by atoms with Crippen LogP contribution in [0.1, 0.15) is 40.3 Å². The fourth-order valence-corrected chi connectivity index (χ4v) is 5.46. The maximum atomic E-state index is 6.39. The van der Waals surface area contributed by atoms with Crippen LogP contribution < -0.4 is 10.1 Å². The molecule has 0 radical (unpaired) electrons. The van der Waals surface area contributed by atoms with Gasteiger partial charge in [-0.05, 0) is 73.6 Å². The van der Waals surface area contributed by atoms with Gasteiger partial charge in [0.25, 0.3) is 0 Å². The lowest BCUT2D eigenvalue weighted by Gasteiger charge is -2.28. The van der Waals surface area contributed by atoms with Gasteiger partial charge in [-0.1, -0.05) is 48.0 Å². The van der Waals surface area contributed by atoms with E-state index >= 15 is 0 Å². The second-order valence-corrected chi connectivity index (χ2v) is 9.54. The number of methoxy groups -OCH3 is 1. The number of aryl methyl sites for hydroxylation is 1. The molecule has 178 valence electrons. The van der Waals surface area contributed by atoms with Crippen molar-refractivity contribution in [3.63, 3.8) is 0 Å². The Morgan fingerprint density at radius 2 is 1.80 bits per heavy atom. The molecular formula is C28H27ClN4OS. The van der Waals surface area contributed by atoms with E-state index in [0.29, 0.717) is 11.6 Å². The Hall–Kier alpha value is -3.35. The predicted octanol–water partition coefficient (Wildman–Crippen LogP) is 6.32. The quantitative estimate of drug-likeness (QED) is 0.312. The van der Waals surface area contributed by atoms with E-state index in [1.807, 2.05) is 42.6 Å². The van der Waals surface area contributed by atoms with Crippen LogP contribution in [0.15, 0.2) is 79.0 Å². The highest BCUT2D eigenvalue weighted by Crippen LogP contribution is 2.43. The van der Waals surface area contributed by atoms with E-state index in [-0.39, 0.29) is 12.1 Å². The molecule has 5 nitrogen and oxygen atoms in total. The number of nitrogens with one attached hydrogen (secondary N) is 1. The monoisotopic (exact) mass is 502 g/mol. The Morgan fingerprint density at radius 3 is 2.51 bits per heavy atom. The van der Waals surface area contributed by atoms with Crippen LogP contribution in [0.2, 0.25) is 5.02 Å². The van der Waals surface area contributed by atoms with Crippen molar-refractivity contribution in [1.82, 2.24) is 19.8 Å². The van der Waals surface area contributed by atoms with Gasteiger partial charge in [0.1, 0.15) is 5.75 Å². The number of aromatic nitrogens is 2. The molecule has 1 saturated heterocycles. The number of nitrogens with zero attached hydrogens (tertiary/aromatic N) is 3. The van der Waals surface area contributed by atoms with Gasteiger partial charge in [-0.15, -0.1) is 0 Å². The molecule has 0 spiro atoms. The van der Waals surface area contributed by atoms with Crippen molar-refractivity contribution in [3.8, 4) is 11.4 Å². The minimum Gasteiger partial charge on any atom is -0.495 e. The van der Waals surface area contributed by atoms with E-state index in [0.717, 1.165) is 33.6 Å². The molecule has 35 heavy (non-hydrogen) atoms. The smallest absolute Gasteiger partial charge is 0.170 e. The third-order valence-electron chi connectivity index (χ3n) is 6.56. The number of benzene rings is 2. The summed E-state index contributed by atoms with van der Waals surface area (Å²) in [5, 5.41) is 4.94. The highest BCUT2D eigenvalue weighted by Gasteiger charge is 2.41. The number of halogens is 1. The summed E-state index contributed by atoms with van der Waals surface area (Å²) in [7, 11) is 1.68. The zero-order valence-corrected chi connectivity index (χ0v) is 21.5. The van der Waals surface area contributed by atoms with Crippen LogP contribution in [-0.2, 0) is 6.54 Å². The Bertz CT molecular complexity index is 1360. The number of rotatable bonds is 6. The summed E-state index contributed by atoms with van der Waals surface area (Å²) in [6, 6.07) is 24.2. The molecule has 1 aliphatic rings. The molecule has 4 aromatic rings. The summed E-state index contributed by atoms with van der Waals surface area (Å²) in [6.45, 7) is 4.94. The van der Waals surface area contributed by atoms with Crippen LogP contribution in [0.4, 0.5) is 0 Å². The Labute approximate surface area is 216 Å². The fraction of sp³-hybridized carbons (Fsp3) is 0.214. The van der Waals surface area contributed by atoms with Crippen LogP contribution >= 0.6 is 23.8 Å². The summed E-state index contributed by atoms with van der Waals surface area (Å²) < 4.78 is 7.88. The molecule has 7 heteroatoms. The van der Waals surface area contributed by atoms with Gasteiger partial charge in [0.15, 0.2) is 5.11 Å². The molecule has 1 N–H and O–H groups in total. The molecule has 2 aromatic heterocycles. The average molecular weight is 503 g/mol. The molecule has 1 aliphatic heterocycles. The SMILES string of the molecule is COc1ccc(Cl)cc1-n1c(C)cc([C@H]2[C@H](c3ccccn3)NC(=S)N2Cc2ccccc2)c1C. The first kappa shape index (κ1) is 23.4. The molecule has 0 aliphatic carbocycles. The molecule has 0 unspecified atom stereocenters. The summed E-state index contributed by atoms with van der Waals surface area (Å²) >= 11 is 12.3. The van der Waals surface area contributed by atoms with Crippen LogP contribution in [0.3, 0.4) is 0 Å². The Balaban J connectivity index is 1.65. The number of hydrogen-bond acceptors (Lipinski definition) is 3. The van der Waals surface area contributed by atoms with E-state index < -0.39 is 0 Å². The molecule has 3 heterocycles. The van der Waals surface area contributed by atoms with Gasteiger partial charge in [0, 0.05) is 29.2 Å². The zero-order chi connectivity index (χ0) is 24.5. The lowest BCUT2D eigenvalue weighted by atomic mass is 9.96. The topological polar surface area (TPSA) is 42.3 Å². The van der Waals surface area contributed by atoms with Crippen LogP contribution in [0.25, 0.3) is 5.69 Å². The van der Waals surface area contributed by atoms with Crippen molar-refractivity contribution in [3.05, 3.63) is 112 Å². The second kappa shape index (κ2) is 9.72. The van der Waals surface area contributed by atoms with Crippen molar-refractivity contribution in [2.45, 2.75) is 32.5 Å². The lowest BCUT2D eigenvalue weighted by molar-refractivity contribution is 0.310. The largest absolute Gasteiger partial charge is 0.495 e. The third-order valence-corrected chi connectivity index (χ3v) is 7.15. The normalized spacial score (nSPS) is 17.5. The van der Waals surface area contributed by atoms with Gasteiger partial charge in [0.2, 0.25) is 0 Å². The molecule has 2 aromatic carbocycles. The Morgan fingerprint density at radius 1 is 1.03 bits per heavy atom. The lowest BCUT2D eigenvalue weighted by Crippen LogP contribution is -2.29. The van der Waals surface area contributed by atoms with Crippen molar-refractivity contribution in [1.29, 1.82) is 0 Å². The molecule has 5 rings (SSSR count). The van der Waals surface area contributed by atoms with Gasteiger partial charge >= 0.3 is 0 Å². The van der Waals surface area contributed by atoms with Crippen molar-refractivity contribution in [2.24, 2.45) is 0 Å². The number of thiocarbonyl (C=S) groups is 1. The van der Waals surface area contributed by atoms with Crippen molar-refractivity contribution < 1.29 is 4.74 Å². The summed E-state index contributed by atoms with van der Waals surface area (Å²) in [6.07, 6.45) is 1.83. The number of hydrogen-bond donors (Lipinski definition) is 1. The zero-order valence-electron chi connectivity index (χ0n) is 19.9. The molecule has 2 atom stereocenters. The van der Waals surface area contributed by atoms with Crippen LogP contribution in [-0.4, -0.2) is 26.7 Å². The summed E-state index contributed by atoms with van der Waals surface area (Å²) in [4.78, 5) is 6.94. The summed E-state index contributed by atoms with van der Waals surface area (Å²) in [5.74, 6) is 0.769. The van der Waals surface area contributed by atoms with E-state index in [4.69, 9.17) is 28.6 Å². The van der Waals surface area contributed by atoms with Gasteiger partial charge in [-0.25, -0.2) is 0 Å². The van der Waals surface area contributed by atoms with Crippen molar-refractivity contribution >= 4 is 28.9 Å². The first-order valence-corrected chi connectivity index (χ1v) is 12.3. The van der Waals surface area contributed by atoms with E-state index in [2.05, 4.69) is 70.0 Å². The average Bonchev–Trinajstić information content (AvgIpc) is 3.35. The standard InChI is InChI=1S/C28H27ClN4OS/c1-18-15-22(19(2)33(18)24-16-21(29)12-13-25(24)34-3)27-26(23-11-7-8-14-30-23)31-28(35)32(27)17-20-9-5-4-6-10-20/h4-16,26-27H,17H2,1-3H3,(H,31,35)/t26-,27-/m0/s1. The van der Waals surface area contributed by atoms with Gasteiger partial charge in [-0.2, -0.15) is 0 Å². The molecule has 0 bridgehead atoms. The third kappa shape index (κ3) is 4.40. The van der Waals surface area contributed by atoms with E-state index in [9.17, 15) is 0 Å². The van der Waals surface area contributed by atoms with Crippen LogP contribution in [0.5, 0.6) is 5.75 Å². The molecule has 0 amide bonds. The van der Waals surface area contributed by atoms with E-state index in [1.54, 1.807) is 7.11 Å². The number of ether oxygens (including phenoxy) is 1. The highest BCUT2D eigenvalue weighted by atomic mass is 35.5. The predicted molar refractivity (Wildman–Crippen MR) is 144 cm³/mol. The minimum absolute atomic E-state index is 0.0391. The van der Waals surface area contributed by atoms with Crippen LogP contribution in [0, 0.1) is 13.8 Å². The maximum absolute atomic E-state index is 6.39. The second-order valence-electron chi connectivity index (χ2n) is 8.72. The van der Waals surface area contributed by atoms with E-state index in [1.165, 1.54) is 11.1 Å². The van der Waals surface area contributed by atoms with Gasteiger partial charge in [0.05, 0.1) is 30.6 Å². The maximum Gasteiger partial charge on any atom is 0.170 e. The Kier molecular flexibility index (Phi) is 6.50. The van der Waals surface area contributed by atoms with Crippen molar-refractivity contribution in [2.75, 3.05) is 7.11 Å². The molecule has 0 saturated carbocycles. The summed E-state index contributed by atoms with van der Waals surface area (Å²) in [5.41, 5.74) is 6.46. The molecule has 1 fully saturated rings. The first-order chi connectivity index (χ1) is 17.0. The minimum atomic E-state index is -0.0809. The number of pyridine rings is 1. The molecular weight excluding hydrogens is 476 g/mol. The highest BCUT2D eigenvalue weighted by molar-refractivity contribution is 7.80. The first-order valence-electron chi connectivity index (χ1n) is 11.5. The fourth-order valence-electron chi connectivity index (χ4n) is 4.99. The van der Waals surface area contributed by atoms with Gasteiger partial charge in [-0.3, -0.25) is 4.98 Å². The van der Waals surface area contributed by atoms with Gasteiger partial charge < -0.3 is 19.5 Å².